The normalized spacial score (nSPS) is 11.1. The minimum absolute atomic E-state index is 0.0147. The number of amides is 1. The van der Waals surface area contributed by atoms with Gasteiger partial charge in [-0.15, -0.1) is 10.2 Å². The van der Waals surface area contributed by atoms with Gasteiger partial charge in [0.25, 0.3) is 5.56 Å². The third kappa shape index (κ3) is 3.23. The third-order valence-electron chi connectivity index (χ3n) is 3.70. The van der Waals surface area contributed by atoms with Crippen molar-refractivity contribution in [2.24, 2.45) is 0 Å². The number of fused-ring (bicyclic) bond motifs is 1. The second-order valence-corrected chi connectivity index (χ2v) is 6.34. The Labute approximate surface area is 142 Å². The average molecular weight is 346 g/mol. The Morgan fingerprint density at radius 1 is 1.25 bits per heavy atom. The SMILES string of the molecule is CCc1nnc(CN(CC)C(=O)Cn2sc3ccccc3c2=O)o1. The molecule has 0 bridgehead atoms. The number of carbonyl (C=O) groups excluding carboxylic acids is 1. The lowest BCUT2D eigenvalue weighted by Crippen LogP contribution is -2.34. The fourth-order valence-electron chi connectivity index (χ4n) is 2.38. The smallest absolute Gasteiger partial charge is 0.268 e. The summed E-state index contributed by atoms with van der Waals surface area (Å²) in [6.07, 6.45) is 0.657. The van der Waals surface area contributed by atoms with E-state index >= 15 is 0 Å². The van der Waals surface area contributed by atoms with Crippen molar-refractivity contribution in [3.05, 3.63) is 46.4 Å². The van der Waals surface area contributed by atoms with Gasteiger partial charge in [0, 0.05) is 13.0 Å². The maximum Gasteiger partial charge on any atom is 0.268 e. The summed E-state index contributed by atoms with van der Waals surface area (Å²) < 4.78 is 7.82. The topological polar surface area (TPSA) is 81.2 Å². The second kappa shape index (κ2) is 6.96. The summed E-state index contributed by atoms with van der Waals surface area (Å²) >= 11 is 1.30. The van der Waals surface area contributed by atoms with E-state index < -0.39 is 0 Å². The molecule has 3 rings (SSSR count). The monoisotopic (exact) mass is 346 g/mol. The number of aryl methyl sites for hydroxylation is 1. The number of hydrogen-bond donors (Lipinski definition) is 0. The molecule has 0 aliphatic heterocycles. The molecule has 0 atom stereocenters. The van der Waals surface area contributed by atoms with E-state index in [-0.39, 0.29) is 24.6 Å². The maximum atomic E-state index is 12.5. The molecule has 126 valence electrons. The Kier molecular flexibility index (Phi) is 4.75. The van der Waals surface area contributed by atoms with Gasteiger partial charge in [0.1, 0.15) is 6.54 Å². The quantitative estimate of drug-likeness (QED) is 0.682. The molecule has 7 nitrogen and oxygen atoms in total. The van der Waals surface area contributed by atoms with Gasteiger partial charge in [-0.1, -0.05) is 30.6 Å². The molecule has 0 saturated carbocycles. The first-order valence-corrected chi connectivity index (χ1v) is 8.57. The molecular formula is C16H18N4O3S. The van der Waals surface area contributed by atoms with Crippen LogP contribution in [0, 0.1) is 0 Å². The Morgan fingerprint density at radius 2 is 2.00 bits per heavy atom. The predicted octanol–water partition coefficient (Wildman–Crippen LogP) is 2.06. The molecule has 0 spiro atoms. The molecule has 2 aromatic heterocycles. The van der Waals surface area contributed by atoms with E-state index in [1.807, 2.05) is 32.0 Å². The van der Waals surface area contributed by atoms with E-state index in [9.17, 15) is 9.59 Å². The molecule has 3 aromatic rings. The molecule has 0 aliphatic rings. The zero-order chi connectivity index (χ0) is 17.1. The van der Waals surface area contributed by atoms with E-state index in [0.29, 0.717) is 30.1 Å². The van der Waals surface area contributed by atoms with Crippen molar-refractivity contribution in [1.29, 1.82) is 0 Å². The van der Waals surface area contributed by atoms with Crippen molar-refractivity contribution < 1.29 is 9.21 Å². The van der Waals surface area contributed by atoms with Gasteiger partial charge in [0.05, 0.1) is 16.6 Å². The van der Waals surface area contributed by atoms with Gasteiger partial charge in [-0.25, -0.2) is 0 Å². The van der Waals surface area contributed by atoms with Crippen LogP contribution in [0.1, 0.15) is 25.6 Å². The molecule has 0 radical (unpaired) electrons. The van der Waals surface area contributed by atoms with Gasteiger partial charge in [0.2, 0.25) is 17.7 Å². The average Bonchev–Trinajstić information content (AvgIpc) is 3.18. The highest BCUT2D eigenvalue weighted by Crippen LogP contribution is 2.16. The van der Waals surface area contributed by atoms with Gasteiger partial charge in [-0.05, 0) is 19.1 Å². The third-order valence-corrected chi connectivity index (χ3v) is 4.77. The van der Waals surface area contributed by atoms with E-state index in [2.05, 4.69) is 10.2 Å². The van der Waals surface area contributed by atoms with Crippen molar-refractivity contribution in [3.63, 3.8) is 0 Å². The molecule has 8 heteroatoms. The molecule has 0 N–H and O–H groups in total. The number of aromatic nitrogens is 3. The van der Waals surface area contributed by atoms with E-state index in [4.69, 9.17) is 4.42 Å². The zero-order valence-electron chi connectivity index (χ0n) is 13.6. The second-order valence-electron chi connectivity index (χ2n) is 5.28. The summed E-state index contributed by atoms with van der Waals surface area (Å²) in [6.45, 7) is 4.57. The number of hydrogen-bond acceptors (Lipinski definition) is 6. The molecule has 0 aliphatic carbocycles. The fourth-order valence-corrected chi connectivity index (χ4v) is 3.37. The molecule has 2 heterocycles. The molecule has 0 saturated heterocycles. The standard InChI is InChI=1S/C16H18N4O3S/c1-3-13-17-18-14(23-13)9-19(4-2)15(21)10-20-16(22)11-7-5-6-8-12(11)24-20/h5-8H,3-4,9-10H2,1-2H3. The minimum Gasteiger partial charge on any atom is -0.423 e. The van der Waals surface area contributed by atoms with Gasteiger partial charge in [-0.3, -0.25) is 13.5 Å². The number of nitrogens with zero attached hydrogens (tertiary/aromatic N) is 4. The van der Waals surface area contributed by atoms with Crippen LogP contribution in [-0.4, -0.2) is 31.5 Å². The van der Waals surface area contributed by atoms with Gasteiger partial charge in [0.15, 0.2) is 0 Å². The van der Waals surface area contributed by atoms with Crippen molar-refractivity contribution in [2.75, 3.05) is 6.54 Å². The summed E-state index contributed by atoms with van der Waals surface area (Å²) in [5.74, 6) is 0.808. The highest BCUT2D eigenvalue weighted by atomic mass is 32.1. The van der Waals surface area contributed by atoms with Gasteiger partial charge in [-0.2, -0.15) is 0 Å². The number of likely N-dealkylation sites (N-methyl/N-ethyl adjacent to an activating group) is 1. The van der Waals surface area contributed by atoms with Gasteiger partial charge >= 0.3 is 0 Å². The molecule has 1 aromatic carbocycles. The largest absolute Gasteiger partial charge is 0.423 e. The van der Waals surface area contributed by atoms with Gasteiger partial charge < -0.3 is 9.32 Å². The van der Waals surface area contributed by atoms with E-state index in [0.717, 1.165) is 4.70 Å². The van der Waals surface area contributed by atoms with Crippen molar-refractivity contribution in [1.82, 2.24) is 19.1 Å². The molecular weight excluding hydrogens is 328 g/mol. The van der Waals surface area contributed by atoms with Crippen molar-refractivity contribution in [3.8, 4) is 0 Å². The Balaban J connectivity index is 1.76. The molecule has 0 unspecified atom stereocenters. The molecule has 1 amide bonds. The Morgan fingerprint density at radius 3 is 2.67 bits per heavy atom. The summed E-state index contributed by atoms with van der Waals surface area (Å²) in [5.41, 5.74) is -0.133. The lowest BCUT2D eigenvalue weighted by atomic mass is 10.3. The van der Waals surface area contributed by atoms with Crippen LogP contribution in [-0.2, 0) is 24.3 Å². The first kappa shape index (κ1) is 16.4. The Bertz CT molecular complexity index is 911. The van der Waals surface area contributed by atoms with Crippen LogP contribution in [0.2, 0.25) is 0 Å². The summed E-state index contributed by atoms with van der Waals surface area (Å²) in [7, 11) is 0. The summed E-state index contributed by atoms with van der Waals surface area (Å²) in [6, 6.07) is 7.35. The van der Waals surface area contributed by atoms with Crippen LogP contribution in [0.15, 0.2) is 33.5 Å². The predicted molar refractivity (Wildman–Crippen MR) is 90.9 cm³/mol. The van der Waals surface area contributed by atoms with Crippen LogP contribution in [0.4, 0.5) is 0 Å². The summed E-state index contributed by atoms with van der Waals surface area (Å²) in [5, 5.41) is 8.48. The lowest BCUT2D eigenvalue weighted by Gasteiger charge is -2.18. The number of benzene rings is 1. The lowest BCUT2D eigenvalue weighted by molar-refractivity contribution is -0.132. The van der Waals surface area contributed by atoms with Crippen LogP contribution < -0.4 is 5.56 Å². The highest BCUT2D eigenvalue weighted by molar-refractivity contribution is 7.13. The fraction of sp³-hybridized carbons (Fsp3) is 0.375. The van der Waals surface area contributed by atoms with Crippen LogP contribution in [0.5, 0.6) is 0 Å². The van der Waals surface area contributed by atoms with E-state index in [1.165, 1.54) is 15.5 Å². The maximum absolute atomic E-state index is 12.5. The minimum atomic E-state index is -0.151. The van der Waals surface area contributed by atoms with Crippen LogP contribution in [0.25, 0.3) is 10.1 Å². The van der Waals surface area contributed by atoms with Crippen LogP contribution in [0.3, 0.4) is 0 Å². The first-order valence-electron chi connectivity index (χ1n) is 7.80. The first-order chi connectivity index (χ1) is 11.6. The van der Waals surface area contributed by atoms with E-state index in [1.54, 1.807) is 11.0 Å². The molecule has 24 heavy (non-hydrogen) atoms. The Hall–Kier alpha value is -2.48. The number of rotatable bonds is 6. The van der Waals surface area contributed by atoms with Crippen molar-refractivity contribution >= 4 is 27.5 Å². The molecule has 0 fully saturated rings. The summed E-state index contributed by atoms with van der Waals surface area (Å²) in [4.78, 5) is 26.5. The number of carbonyl (C=O) groups is 1. The highest BCUT2D eigenvalue weighted by Gasteiger charge is 2.18. The van der Waals surface area contributed by atoms with Crippen molar-refractivity contribution in [2.45, 2.75) is 33.4 Å². The zero-order valence-corrected chi connectivity index (χ0v) is 14.4. The van der Waals surface area contributed by atoms with Crippen LogP contribution >= 0.6 is 11.5 Å².